The number of carboxylic acids is 1. The SMILES string of the molecule is CC(C)C1CC1NC(=O)C(CCC(=O)O)NC(=O)OCC1c2ccccc2-c2ccccc21. The molecular formula is C26H30N2O5. The molecule has 3 N–H and O–H groups in total. The van der Waals surface area contributed by atoms with Crippen LogP contribution in [-0.4, -0.2) is 41.8 Å². The highest BCUT2D eigenvalue weighted by atomic mass is 16.5. The first-order chi connectivity index (χ1) is 15.8. The molecule has 0 aliphatic heterocycles. The van der Waals surface area contributed by atoms with Crippen LogP contribution in [0.2, 0.25) is 0 Å². The topological polar surface area (TPSA) is 105 Å². The third-order valence-electron chi connectivity index (χ3n) is 6.62. The number of carbonyl (C=O) groups is 3. The summed E-state index contributed by atoms with van der Waals surface area (Å²) in [5.74, 6) is -0.592. The maximum atomic E-state index is 12.7. The summed E-state index contributed by atoms with van der Waals surface area (Å²) >= 11 is 0. The average molecular weight is 451 g/mol. The van der Waals surface area contributed by atoms with E-state index in [4.69, 9.17) is 9.84 Å². The fourth-order valence-electron chi connectivity index (χ4n) is 4.72. The number of alkyl carbamates (subject to hydrolysis) is 1. The van der Waals surface area contributed by atoms with E-state index < -0.39 is 18.1 Å². The number of carbonyl (C=O) groups excluding carboxylic acids is 2. The van der Waals surface area contributed by atoms with Crippen LogP contribution < -0.4 is 10.6 Å². The molecule has 2 amide bonds. The van der Waals surface area contributed by atoms with Gasteiger partial charge in [-0.05, 0) is 46.9 Å². The Morgan fingerprint density at radius 1 is 1.03 bits per heavy atom. The summed E-state index contributed by atoms with van der Waals surface area (Å²) in [6.45, 7) is 4.34. The van der Waals surface area contributed by atoms with Crippen LogP contribution in [0.5, 0.6) is 0 Å². The Bertz CT molecular complexity index is 1000. The highest BCUT2D eigenvalue weighted by Gasteiger charge is 2.41. The zero-order valence-corrected chi connectivity index (χ0v) is 18.9. The maximum absolute atomic E-state index is 12.7. The number of rotatable bonds is 9. The van der Waals surface area contributed by atoms with E-state index in [1.54, 1.807) is 0 Å². The second kappa shape index (κ2) is 9.65. The number of nitrogens with one attached hydrogen (secondary N) is 2. The Kier molecular flexibility index (Phi) is 6.67. The van der Waals surface area contributed by atoms with Crippen molar-refractivity contribution < 1.29 is 24.2 Å². The summed E-state index contributed by atoms with van der Waals surface area (Å²) in [5, 5.41) is 14.6. The summed E-state index contributed by atoms with van der Waals surface area (Å²) in [6, 6.07) is 15.2. The van der Waals surface area contributed by atoms with E-state index in [9.17, 15) is 14.4 Å². The number of benzene rings is 2. The van der Waals surface area contributed by atoms with Gasteiger partial charge in [-0.1, -0.05) is 62.4 Å². The van der Waals surface area contributed by atoms with Crippen molar-refractivity contribution in [3.8, 4) is 11.1 Å². The van der Waals surface area contributed by atoms with Crippen molar-refractivity contribution in [2.24, 2.45) is 11.8 Å². The normalized spacial score (nSPS) is 19.4. The van der Waals surface area contributed by atoms with Gasteiger partial charge in [0.1, 0.15) is 12.6 Å². The van der Waals surface area contributed by atoms with Gasteiger partial charge in [-0.15, -0.1) is 0 Å². The van der Waals surface area contributed by atoms with E-state index in [2.05, 4.69) is 36.6 Å². The Morgan fingerprint density at radius 3 is 2.18 bits per heavy atom. The molecule has 2 aromatic carbocycles. The Labute approximate surface area is 193 Å². The minimum absolute atomic E-state index is 0.00439. The number of fused-ring (bicyclic) bond motifs is 3. The summed E-state index contributed by atoms with van der Waals surface area (Å²) in [7, 11) is 0. The van der Waals surface area contributed by atoms with Gasteiger partial charge in [0.05, 0.1) is 0 Å². The predicted octanol–water partition coefficient (Wildman–Crippen LogP) is 3.92. The molecule has 0 heterocycles. The molecule has 1 saturated carbocycles. The molecule has 3 unspecified atom stereocenters. The third kappa shape index (κ3) is 5.18. The molecule has 0 spiro atoms. The van der Waals surface area contributed by atoms with Crippen LogP contribution in [0.4, 0.5) is 4.79 Å². The van der Waals surface area contributed by atoms with Gasteiger partial charge in [0, 0.05) is 18.4 Å². The van der Waals surface area contributed by atoms with Crippen LogP contribution >= 0.6 is 0 Å². The largest absolute Gasteiger partial charge is 0.481 e. The number of hydrogen-bond donors (Lipinski definition) is 3. The zero-order valence-electron chi connectivity index (χ0n) is 18.9. The molecule has 0 bridgehead atoms. The van der Waals surface area contributed by atoms with E-state index in [1.807, 2.05) is 36.4 Å². The molecule has 7 heteroatoms. The molecule has 0 radical (unpaired) electrons. The fourth-order valence-corrected chi connectivity index (χ4v) is 4.72. The van der Waals surface area contributed by atoms with Gasteiger partial charge in [-0.3, -0.25) is 9.59 Å². The van der Waals surface area contributed by atoms with Crippen LogP contribution in [0.15, 0.2) is 48.5 Å². The molecule has 0 aromatic heterocycles. The zero-order chi connectivity index (χ0) is 23.5. The number of ether oxygens (including phenoxy) is 1. The van der Waals surface area contributed by atoms with E-state index >= 15 is 0 Å². The fraction of sp³-hybridized carbons (Fsp3) is 0.423. The molecule has 4 rings (SSSR count). The Balaban J connectivity index is 1.38. The Morgan fingerprint density at radius 2 is 1.64 bits per heavy atom. The molecule has 3 atom stereocenters. The van der Waals surface area contributed by atoms with Gasteiger partial charge < -0.3 is 20.5 Å². The second-order valence-corrected chi connectivity index (χ2v) is 9.21. The molecule has 2 aromatic rings. The van der Waals surface area contributed by atoms with E-state index in [-0.39, 0.29) is 37.3 Å². The molecule has 174 valence electrons. The van der Waals surface area contributed by atoms with E-state index in [0.29, 0.717) is 11.8 Å². The highest BCUT2D eigenvalue weighted by Crippen LogP contribution is 2.44. The Hall–Kier alpha value is -3.35. The molecule has 7 nitrogen and oxygen atoms in total. The molecule has 0 saturated heterocycles. The van der Waals surface area contributed by atoms with Gasteiger partial charge in [-0.25, -0.2) is 4.79 Å². The molecule has 33 heavy (non-hydrogen) atoms. The van der Waals surface area contributed by atoms with Gasteiger partial charge >= 0.3 is 12.1 Å². The maximum Gasteiger partial charge on any atom is 0.407 e. The predicted molar refractivity (Wildman–Crippen MR) is 124 cm³/mol. The quantitative estimate of drug-likeness (QED) is 0.537. The minimum Gasteiger partial charge on any atom is -0.481 e. The van der Waals surface area contributed by atoms with Gasteiger partial charge in [-0.2, -0.15) is 0 Å². The number of carboxylic acid groups (broad SMARTS) is 1. The smallest absolute Gasteiger partial charge is 0.407 e. The van der Waals surface area contributed by atoms with Crippen LogP contribution in [0, 0.1) is 11.8 Å². The lowest BCUT2D eigenvalue weighted by Gasteiger charge is -2.19. The van der Waals surface area contributed by atoms with Crippen molar-refractivity contribution in [1.82, 2.24) is 10.6 Å². The van der Waals surface area contributed by atoms with Gasteiger partial charge in [0.15, 0.2) is 0 Å². The van der Waals surface area contributed by atoms with Crippen molar-refractivity contribution in [2.45, 2.75) is 51.1 Å². The first-order valence-corrected chi connectivity index (χ1v) is 11.5. The molecular weight excluding hydrogens is 420 g/mol. The first kappa shape index (κ1) is 22.8. The van der Waals surface area contributed by atoms with E-state index in [1.165, 1.54) is 0 Å². The van der Waals surface area contributed by atoms with Crippen LogP contribution in [0.3, 0.4) is 0 Å². The monoisotopic (exact) mass is 450 g/mol. The van der Waals surface area contributed by atoms with Crippen molar-refractivity contribution in [2.75, 3.05) is 6.61 Å². The van der Waals surface area contributed by atoms with E-state index in [0.717, 1.165) is 28.7 Å². The van der Waals surface area contributed by atoms with Crippen molar-refractivity contribution in [3.05, 3.63) is 59.7 Å². The number of aliphatic carboxylic acids is 1. The van der Waals surface area contributed by atoms with Crippen molar-refractivity contribution in [3.63, 3.8) is 0 Å². The van der Waals surface area contributed by atoms with Crippen molar-refractivity contribution in [1.29, 1.82) is 0 Å². The number of hydrogen-bond acceptors (Lipinski definition) is 4. The molecule has 1 fully saturated rings. The van der Waals surface area contributed by atoms with Crippen LogP contribution in [0.1, 0.15) is 50.2 Å². The van der Waals surface area contributed by atoms with Gasteiger partial charge in [0.25, 0.3) is 0 Å². The minimum atomic E-state index is -1.02. The first-order valence-electron chi connectivity index (χ1n) is 11.5. The summed E-state index contributed by atoms with van der Waals surface area (Å²) in [4.78, 5) is 36.4. The third-order valence-corrected chi connectivity index (χ3v) is 6.62. The molecule has 2 aliphatic rings. The second-order valence-electron chi connectivity index (χ2n) is 9.21. The summed E-state index contributed by atoms with van der Waals surface area (Å²) in [6.07, 6.45) is -0.0385. The van der Waals surface area contributed by atoms with Crippen molar-refractivity contribution >= 4 is 18.0 Å². The number of amides is 2. The molecule has 2 aliphatic carbocycles. The van der Waals surface area contributed by atoms with Crippen LogP contribution in [-0.2, 0) is 14.3 Å². The van der Waals surface area contributed by atoms with Gasteiger partial charge in [0.2, 0.25) is 5.91 Å². The van der Waals surface area contributed by atoms with Crippen LogP contribution in [0.25, 0.3) is 11.1 Å². The lowest BCUT2D eigenvalue weighted by Crippen LogP contribution is -2.48. The lowest BCUT2D eigenvalue weighted by atomic mass is 9.98. The standard InChI is InChI=1S/C26H30N2O5/c1-15(2)20-13-23(20)27-25(31)22(11-12-24(29)30)28-26(32)33-14-21-18-9-5-3-7-16(18)17-8-4-6-10-19(17)21/h3-10,15,20-23H,11-14H2,1-2H3,(H,27,31)(H,28,32)(H,29,30). The average Bonchev–Trinajstić information content (AvgIpc) is 3.49. The summed E-state index contributed by atoms with van der Waals surface area (Å²) < 4.78 is 5.53. The highest BCUT2D eigenvalue weighted by molar-refractivity contribution is 5.86. The lowest BCUT2D eigenvalue weighted by molar-refractivity contribution is -0.137. The summed E-state index contributed by atoms with van der Waals surface area (Å²) in [5.41, 5.74) is 4.45.